The van der Waals surface area contributed by atoms with Crippen molar-refractivity contribution in [3.8, 4) is 5.75 Å². The van der Waals surface area contributed by atoms with Gasteiger partial charge in [0.25, 0.3) is 5.72 Å². The lowest BCUT2D eigenvalue weighted by Crippen LogP contribution is -2.62. The number of methoxy groups -OCH3 is 1. The molecule has 1 fully saturated rings. The maximum atomic E-state index is 13.7. The topological polar surface area (TPSA) is 91.2 Å². The highest BCUT2D eigenvalue weighted by Crippen LogP contribution is 2.48. The van der Waals surface area contributed by atoms with Crippen LogP contribution in [0.1, 0.15) is 25.7 Å². The number of anilines is 1. The van der Waals surface area contributed by atoms with Gasteiger partial charge in [0, 0.05) is 5.71 Å². The van der Waals surface area contributed by atoms with E-state index in [9.17, 15) is 27.9 Å². The van der Waals surface area contributed by atoms with Gasteiger partial charge in [-0.05, 0) is 31.4 Å². The van der Waals surface area contributed by atoms with E-state index in [2.05, 4.69) is 10.4 Å². The Bertz CT molecular complexity index is 796. The van der Waals surface area contributed by atoms with Crippen LogP contribution in [-0.2, 0) is 9.59 Å². The largest absolute Gasteiger partial charge is 0.495 e. The first-order valence-electron chi connectivity index (χ1n) is 8.35. The molecule has 3 rings (SSSR count). The van der Waals surface area contributed by atoms with E-state index in [0.29, 0.717) is 12.8 Å². The zero-order valence-corrected chi connectivity index (χ0v) is 14.4. The van der Waals surface area contributed by atoms with Crippen molar-refractivity contribution in [1.29, 1.82) is 0 Å². The molecule has 0 spiro atoms. The predicted molar refractivity (Wildman–Crippen MR) is 88.9 cm³/mol. The number of halogens is 3. The van der Waals surface area contributed by atoms with Gasteiger partial charge in [-0.1, -0.05) is 18.6 Å². The number of ether oxygens (including phenoxy) is 1. The molecule has 1 heterocycles. The summed E-state index contributed by atoms with van der Waals surface area (Å²) in [5, 5.41) is 16.2. The number of hydrogen-bond acceptors (Lipinski definition) is 5. The third kappa shape index (κ3) is 3.14. The van der Waals surface area contributed by atoms with Crippen LogP contribution in [0.15, 0.2) is 29.4 Å². The van der Waals surface area contributed by atoms with Gasteiger partial charge in [-0.25, -0.2) is 0 Å². The lowest BCUT2D eigenvalue weighted by Gasteiger charge is -2.37. The van der Waals surface area contributed by atoms with E-state index in [1.807, 2.05) is 0 Å². The van der Waals surface area contributed by atoms with Gasteiger partial charge in [-0.3, -0.25) is 9.59 Å². The second-order valence-corrected chi connectivity index (χ2v) is 6.38. The summed E-state index contributed by atoms with van der Waals surface area (Å²) in [6.07, 6.45) is -3.81. The molecule has 0 radical (unpaired) electrons. The number of alkyl halides is 3. The Morgan fingerprint density at radius 1 is 1.33 bits per heavy atom. The van der Waals surface area contributed by atoms with Crippen molar-refractivity contribution in [3.05, 3.63) is 24.3 Å². The molecule has 0 unspecified atom stereocenters. The monoisotopic (exact) mass is 385 g/mol. The lowest BCUT2D eigenvalue weighted by molar-refractivity contribution is -0.316. The van der Waals surface area contributed by atoms with Crippen LogP contribution in [0.25, 0.3) is 0 Å². The van der Waals surface area contributed by atoms with E-state index >= 15 is 0 Å². The van der Waals surface area contributed by atoms with E-state index in [0.717, 1.165) is 0 Å². The van der Waals surface area contributed by atoms with Crippen LogP contribution >= 0.6 is 0 Å². The predicted octanol–water partition coefficient (Wildman–Crippen LogP) is 2.27. The highest BCUT2D eigenvalue weighted by atomic mass is 19.4. The number of hydrogen-bond donors (Lipinski definition) is 2. The summed E-state index contributed by atoms with van der Waals surface area (Å²) in [5.74, 6) is -4.09. The first-order chi connectivity index (χ1) is 12.7. The number of hydrazone groups is 1. The fourth-order valence-corrected chi connectivity index (χ4v) is 3.44. The zero-order chi connectivity index (χ0) is 19.8. The van der Waals surface area contributed by atoms with Crippen molar-refractivity contribution in [2.45, 2.75) is 37.6 Å². The van der Waals surface area contributed by atoms with E-state index < -0.39 is 29.6 Å². The normalized spacial score (nSPS) is 24.9. The molecule has 0 bridgehead atoms. The SMILES string of the molecule is COc1ccccc1NC(=O)C(=O)N1N=C2CCCC[C@@H]2[C@@]1(O)C(F)(F)F. The summed E-state index contributed by atoms with van der Waals surface area (Å²) in [5.41, 5.74) is -3.34. The molecule has 146 valence electrons. The van der Waals surface area contributed by atoms with Gasteiger partial charge >= 0.3 is 18.0 Å². The molecule has 0 aromatic heterocycles. The van der Waals surface area contributed by atoms with Crippen LogP contribution in [-0.4, -0.2) is 46.7 Å². The van der Waals surface area contributed by atoms with Gasteiger partial charge in [0.2, 0.25) is 0 Å². The van der Waals surface area contributed by atoms with Gasteiger partial charge in [0.05, 0.1) is 18.7 Å². The van der Waals surface area contributed by atoms with Gasteiger partial charge in [-0.2, -0.15) is 23.3 Å². The maximum absolute atomic E-state index is 13.7. The van der Waals surface area contributed by atoms with Gasteiger partial charge in [-0.15, -0.1) is 0 Å². The first-order valence-corrected chi connectivity index (χ1v) is 8.35. The van der Waals surface area contributed by atoms with Crippen molar-refractivity contribution >= 4 is 23.2 Å². The van der Waals surface area contributed by atoms with E-state index in [1.54, 1.807) is 12.1 Å². The molecule has 27 heavy (non-hydrogen) atoms. The fourth-order valence-electron chi connectivity index (χ4n) is 3.44. The summed E-state index contributed by atoms with van der Waals surface area (Å²) in [6.45, 7) is 0. The number of para-hydroxylation sites is 2. The molecule has 2 N–H and O–H groups in total. The summed E-state index contributed by atoms with van der Waals surface area (Å²) < 4.78 is 46.0. The van der Waals surface area contributed by atoms with Crippen LogP contribution < -0.4 is 10.1 Å². The maximum Gasteiger partial charge on any atom is 0.439 e. The molecular weight excluding hydrogens is 367 g/mol. The Labute approximate surface area is 152 Å². The number of carbonyl (C=O) groups is 2. The second-order valence-electron chi connectivity index (χ2n) is 6.38. The Kier molecular flexibility index (Phi) is 4.85. The molecule has 1 saturated carbocycles. The first kappa shape index (κ1) is 19.2. The molecular formula is C17H18F3N3O4. The molecule has 1 aromatic carbocycles. The second kappa shape index (κ2) is 6.84. The van der Waals surface area contributed by atoms with Crippen LogP contribution in [0, 0.1) is 5.92 Å². The highest BCUT2D eigenvalue weighted by molar-refractivity contribution is 6.40. The van der Waals surface area contributed by atoms with E-state index in [4.69, 9.17) is 4.74 Å². The van der Waals surface area contributed by atoms with E-state index in [-0.39, 0.29) is 35.0 Å². The van der Waals surface area contributed by atoms with Gasteiger partial charge in [0.15, 0.2) is 0 Å². The number of nitrogens with zero attached hydrogens (tertiary/aromatic N) is 2. The van der Waals surface area contributed by atoms with E-state index in [1.165, 1.54) is 19.2 Å². The number of fused-ring (bicyclic) bond motifs is 1. The number of amides is 2. The van der Waals surface area contributed by atoms with Crippen molar-refractivity contribution in [2.24, 2.45) is 11.0 Å². The number of carbonyl (C=O) groups excluding carboxylic acids is 2. The van der Waals surface area contributed by atoms with Crippen molar-refractivity contribution in [3.63, 3.8) is 0 Å². The number of benzene rings is 1. The number of aliphatic hydroxyl groups is 1. The molecule has 1 aliphatic carbocycles. The molecule has 2 aliphatic rings. The summed E-state index contributed by atoms with van der Waals surface area (Å²) in [4.78, 5) is 24.7. The average Bonchev–Trinajstić information content (AvgIpc) is 2.95. The molecule has 0 saturated heterocycles. The molecule has 1 aromatic rings. The number of nitrogens with one attached hydrogen (secondary N) is 1. The summed E-state index contributed by atoms with van der Waals surface area (Å²) in [7, 11) is 1.34. The molecule has 7 nitrogen and oxygen atoms in total. The minimum absolute atomic E-state index is 0.0345. The fraction of sp³-hybridized carbons (Fsp3) is 0.471. The lowest BCUT2D eigenvalue weighted by atomic mass is 9.80. The highest BCUT2D eigenvalue weighted by Gasteiger charge is 2.69. The minimum Gasteiger partial charge on any atom is -0.495 e. The Hall–Kier alpha value is -2.62. The summed E-state index contributed by atoms with van der Waals surface area (Å²) >= 11 is 0. The van der Waals surface area contributed by atoms with Crippen LogP contribution in [0.3, 0.4) is 0 Å². The number of rotatable bonds is 2. The standard InChI is InChI=1S/C17H18F3N3O4/c1-27-13-9-5-4-8-12(13)21-14(24)15(25)23-16(26,17(18,19)20)10-6-2-3-7-11(10)22-23/h4-5,8-10,26H,2-3,6-7H2,1H3,(H,21,24)/t10-,16+/m0/s1. The van der Waals surface area contributed by atoms with Crippen molar-refractivity contribution in [1.82, 2.24) is 5.01 Å². The molecule has 2 amide bonds. The smallest absolute Gasteiger partial charge is 0.439 e. The Morgan fingerprint density at radius 2 is 2.04 bits per heavy atom. The third-order valence-electron chi connectivity index (χ3n) is 4.77. The van der Waals surface area contributed by atoms with Crippen molar-refractivity contribution in [2.75, 3.05) is 12.4 Å². The average molecular weight is 385 g/mol. The zero-order valence-electron chi connectivity index (χ0n) is 14.4. The third-order valence-corrected chi connectivity index (χ3v) is 4.77. The Morgan fingerprint density at radius 3 is 2.70 bits per heavy atom. The quantitative estimate of drug-likeness (QED) is 0.764. The van der Waals surface area contributed by atoms with Crippen molar-refractivity contribution < 1.29 is 32.6 Å². The van der Waals surface area contributed by atoms with Gasteiger partial charge < -0.3 is 15.2 Å². The summed E-state index contributed by atoms with van der Waals surface area (Å²) in [6, 6.07) is 6.11. The molecule has 2 atom stereocenters. The van der Waals surface area contributed by atoms with Crippen LogP contribution in [0.4, 0.5) is 18.9 Å². The van der Waals surface area contributed by atoms with Gasteiger partial charge in [0.1, 0.15) is 5.75 Å². The van der Waals surface area contributed by atoms with Crippen LogP contribution in [0.2, 0.25) is 0 Å². The van der Waals surface area contributed by atoms with Crippen LogP contribution in [0.5, 0.6) is 5.75 Å². The molecule has 10 heteroatoms. The Balaban J connectivity index is 1.89. The minimum atomic E-state index is -5.17. The molecule has 1 aliphatic heterocycles.